The lowest BCUT2D eigenvalue weighted by atomic mass is 10.1. The minimum atomic E-state index is -0.298. The molecule has 0 aromatic heterocycles. The van der Waals surface area contributed by atoms with Gasteiger partial charge in [0.25, 0.3) is 17.7 Å². The zero-order valence-corrected chi connectivity index (χ0v) is 15.7. The molecule has 4 rings (SSSR count). The molecule has 0 bridgehead atoms. The van der Waals surface area contributed by atoms with Crippen LogP contribution >= 0.6 is 0 Å². The number of likely N-dealkylation sites (N-methyl/N-ethyl adjacent to an activating group) is 1. The lowest BCUT2D eigenvalue weighted by Gasteiger charge is -2.32. The molecule has 7 nitrogen and oxygen atoms in total. The Morgan fingerprint density at radius 3 is 2.21 bits per heavy atom. The fourth-order valence-electron chi connectivity index (χ4n) is 3.50. The van der Waals surface area contributed by atoms with Gasteiger partial charge in [0.15, 0.2) is 0 Å². The van der Waals surface area contributed by atoms with E-state index in [0.717, 1.165) is 31.7 Å². The Labute approximate surface area is 163 Å². The van der Waals surface area contributed by atoms with Crippen molar-refractivity contribution in [2.45, 2.75) is 6.54 Å². The number of amides is 3. The van der Waals surface area contributed by atoms with Crippen molar-refractivity contribution in [1.82, 2.24) is 20.2 Å². The quantitative estimate of drug-likeness (QED) is 0.814. The first-order chi connectivity index (χ1) is 13.5. The number of benzene rings is 2. The molecule has 2 aromatic rings. The van der Waals surface area contributed by atoms with E-state index in [0.29, 0.717) is 16.7 Å². The van der Waals surface area contributed by atoms with E-state index in [2.05, 4.69) is 17.4 Å². The van der Waals surface area contributed by atoms with Gasteiger partial charge in [-0.15, -0.1) is 0 Å². The highest BCUT2D eigenvalue weighted by Gasteiger charge is 2.35. The molecule has 0 atom stereocenters. The summed E-state index contributed by atoms with van der Waals surface area (Å²) in [5.41, 5.74) is 5.03. The van der Waals surface area contributed by atoms with Crippen LogP contribution in [0, 0.1) is 0 Å². The number of nitrogens with zero attached hydrogens (tertiary/aromatic N) is 3. The lowest BCUT2D eigenvalue weighted by Crippen LogP contribution is -2.52. The standard InChI is InChI=1S/C21H22N4O3/c1-23-9-11-24(12-10-23)22-19(26)16-6-4-5-15(13-16)14-25-20(27)17-7-2-3-8-18(17)21(25)28/h2-8,13H,9-12,14H2,1H3,(H,22,26). The van der Waals surface area contributed by atoms with Crippen LogP contribution < -0.4 is 5.43 Å². The molecule has 1 fully saturated rings. The molecule has 2 aliphatic heterocycles. The number of rotatable bonds is 4. The number of piperazine rings is 1. The number of hydrogen-bond acceptors (Lipinski definition) is 5. The molecule has 2 aliphatic rings. The van der Waals surface area contributed by atoms with E-state index >= 15 is 0 Å². The van der Waals surface area contributed by atoms with Gasteiger partial charge in [-0.25, -0.2) is 5.01 Å². The molecular formula is C21H22N4O3. The summed E-state index contributed by atoms with van der Waals surface area (Å²) in [6, 6.07) is 13.9. The Morgan fingerprint density at radius 2 is 1.57 bits per heavy atom. The predicted octanol–water partition coefficient (Wildman–Crippen LogP) is 1.37. The Kier molecular flexibility index (Phi) is 4.93. The second-order valence-electron chi connectivity index (χ2n) is 7.17. The fraction of sp³-hybridized carbons (Fsp3) is 0.286. The van der Waals surface area contributed by atoms with Crippen molar-refractivity contribution in [2.24, 2.45) is 0 Å². The highest BCUT2D eigenvalue weighted by molar-refractivity contribution is 6.21. The molecule has 144 valence electrons. The van der Waals surface area contributed by atoms with Crippen molar-refractivity contribution in [2.75, 3.05) is 33.2 Å². The van der Waals surface area contributed by atoms with Crippen LogP contribution in [-0.2, 0) is 6.54 Å². The highest BCUT2D eigenvalue weighted by atomic mass is 16.2. The maximum atomic E-state index is 12.6. The predicted molar refractivity (Wildman–Crippen MR) is 104 cm³/mol. The number of hydrazine groups is 1. The number of imide groups is 1. The van der Waals surface area contributed by atoms with Crippen molar-refractivity contribution in [3.05, 3.63) is 70.8 Å². The fourth-order valence-corrected chi connectivity index (χ4v) is 3.50. The summed E-state index contributed by atoms with van der Waals surface area (Å²) in [5, 5.41) is 1.92. The number of fused-ring (bicyclic) bond motifs is 1. The van der Waals surface area contributed by atoms with Gasteiger partial charge < -0.3 is 4.90 Å². The highest BCUT2D eigenvalue weighted by Crippen LogP contribution is 2.24. The maximum Gasteiger partial charge on any atom is 0.265 e. The molecule has 0 saturated carbocycles. The molecule has 1 N–H and O–H groups in total. The van der Waals surface area contributed by atoms with Gasteiger partial charge in [-0.3, -0.25) is 24.7 Å². The molecule has 0 unspecified atom stereocenters. The number of hydrogen-bond donors (Lipinski definition) is 1. The van der Waals surface area contributed by atoms with Gasteiger partial charge in [0, 0.05) is 31.7 Å². The van der Waals surface area contributed by atoms with Crippen molar-refractivity contribution >= 4 is 17.7 Å². The summed E-state index contributed by atoms with van der Waals surface area (Å²) >= 11 is 0. The van der Waals surface area contributed by atoms with Crippen LogP contribution in [0.5, 0.6) is 0 Å². The summed E-state index contributed by atoms with van der Waals surface area (Å²) in [5.74, 6) is -0.783. The smallest absolute Gasteiger partial charge is 0.265 e. The first-order valence-electron chi connectivity index (χ1n) is 9.31. The maximum absolute atomic E-state index is 12.6. The normalized spacial score (nSPS) is 17.7. The molecule has 3 amide bonds. The second kappa shape index (κ2) is 7.53. The summed E-state index contributed by atoms with van der Waals surface area (Å²) in [4.78, 5) is 41.1. The van der Waals surface area contributed by atoms with Crippen LogP contribution in [0.15, 0.2) is 48.5 Å². The van der Waals surface area contributed by atoms with Gasteiger partial charge in [0.1, 0.15) is 0 Å². The van der Waals surface area contributed by atoms with E-state index in [1.807, 2.05) is 11.1 Å². The molecule has 2 aromatic carbocycles. The van der Waals surface area contributed by atoms with Crippen molar-refractivity contribution < 1.29 is 14.4 Å². The van der Waals surface area contributed by atoms with E-state index in [1.165, 1.54) is 4.90 Å². The second-order valence-corrected chi connectivity index (χ2v) is 7.17. The molecule has 0 aliphatic carbocycles. The van der Waals surface area contributed by atoms with E-state index in [-0.39, 0.29) is 24.3 Å². The third kappa shape index (κ3) is 3.54. The Bertz CT molecular complexity index is 900. The number of carbonyl (C=O) groups excluding carboxylic acids is 3. The minimum absolute atomic E-state index is 0.141. The lowest BCUT2D eigenvalue weighted by molar-refractivity contribution is 0.0641. The van der Waals surface area contributed by atoms with Crippen LogP contribution in [0.2, 0.25) is 0 Å². The number of nitrogens with one attached hydrogen (secondary N) is 1. The van der Waals surface area contributed by atoms with Gasteiger partial charge in [0.05, 0.1) is 17.7 Å². The zero-order valence-electron chi connectivity index (χ0n) is 15.7. The van der Waals surface area contributed by atoms with Gasteiger partial charge in [-0.2, -0.15) is 0 Å². The average Bonchev–Trinajstić information content (AvgIpc) is 2.95. The van der Waals surface area contributed by atoms with Gasteiger partial charge in [-0.05, 0) is 36.9 Å². The van der Waals surface area contributed by atoms with Crippen molar-refractivity contribution in [3.8, 4) is 0 Å². The van der Waals surface area contributed by atoms with Crippen LogP contribution in [0.4, 0.5) is 0 Å². The van der Waals surface area contributed by atoms with Crippen LogP contribution in [0.3, 0.4) is 0 Å². The van der Waals surface area contributed by atoms with Crippen molar-refractivity contribution in [3.63, 3.8) is 0 Å². The summed E-state index contributed by atoms with van der Waals surface area (Å²) in [6.45, 7) is 3.50. The Balaban J connectivity index is 1.45. The van der Waals surface area contributed by atoms with Crippen LogP contribution in [0.1, 0.15) is 36.6 Å². The van der Waals surface area contributed by atoms with Gasteiger partial charge in [-0.1, -0.05) is 24.3 Å². The van der Waals surface area contributed by atoms with E-state index < -0.39 is 0 Å². The third-order valence-corrected chi connectivity index (χ3v) is 5.17. The summed E-state index contributed by atoms with van der Waals surface area (Å²) in [6.07, 6.45) is 0. The van der Waals surface area contributed by atoms with Crippen LogP contribution in [0.25, 0.3) is 0 Å². The number of carbonyl (C=O) groups is 3. The SMILES string of the molecule is CN1CCN(NC(=O)c2cccc(CN3C(=O)c4ccccc4C3=O)c2)CC1. The van der Waals surface area contributed by atoms with E-state index in [1.54, 1.807) is 42.5 Å². The summed E-state index contributed by atoms with van der Waals surface area (Å²) < 4.78 is 0. The zero-order chi connectivity index (χ0) is 19.7. The van der Waals surface area contributed by atoms with Crippen LogP contribution in [-0.4, -0.2) is 65.8 Å². The van der Waals surface area contributed by atoms with Gasteiger partial charge >= 0.3 is 0 Å². The van der Waals surface area contributed by atoms with Gasteiger partial charge in [0.2, 0.25) is 0 Å². The van der Waals surface area contributed by atoms with Crippen molar-refractivity contribution in [1.29, 1.82) is 0 Å². The average molecular weight is 378 g/mol. The molecular weight excluding hydrogens is 356 g/mol. The Morgan fingerprint density at radius 1 is 0.929 bits per heavy atom. The molecule has 0 radical (unpaired) electrons. The molecule has 28 heavy (non-hydrogen) atoms. The monoisotopic (exact) mass is 378 g/mol. The molecule has 0 spiro atoms. The first kappa shape index (κ1) is 18.3. The first-order valence-corrected chi connectivity index (χ1v) is 9.31. The molecule has 2 heterocycles. The topological polar surface area (TPSA) is 73.0 Å². The molecule has 7 heteroatoms. The Hall–Kier alpha value is -3.03. The minimum Gasteiger partial charge on any atom is -0.304 e. The third-order valence-electron chi connectivity index (χ3n) is 5.17. The van der Waals surface area contributed by atoms with E-state index in [9.17, 15) is 14.4 Å². The molecule has 1 saturated heterocycles. The van der Waals surface area contributed by atoms with E-state index in [4.69, 9.17) is 0 Å². The largest absolute Gasteiger partial charge is 0.304 e. The summed E-state index contributed by atoms with van der Waals surface area (Å²) in [7, 11) is 2.06.